The molecule has 0 fully saturated rings. The van der Waals surface area contributed by atoms with Gasteiger partial charge in [0.2, 0.25) is 5.91 Å². The molecule has 0 aliphatic carbocycles. The van der Waals surface area contributed by atoms with E-state index in [1.54, 1.807) is 0 Å². The molecule has 1 amide bonds. The first-order valence-electron chi connectivity index (χ1n) is 6.82. The molecule has 2 nitrogen and oxygen atoms in total. The average molecular weight is 265 g/mol. The Hall–Kier alpha value is -2.35. The van der Waals surface area contributed by atoms with Gasteiger partial charge in [-0.15, -0.1) is 0 Å². The maximum Gasteiger partial charge on any atom is 0.241 e. The molecule has 102 valence electrons. The van der Waals surface area contributed by atoms with Gasteiger partial charge in [0.1, 0.15) is 0 Å². The van der Waals surface area contributed by atoms with Crippen molar-refractivity contribution in [2.24, 2.45) is 5.73 Å². The van der Waals surface area contributed by atoms with Crippen LogP contribution in [0.25, 0.3) is 0 Å². The Morgan fingerprint density at radius 2 is 1.60 bits per heavy atom. The van der Waals surface area contributed by atoms with Gasteiger partial charge in [0, 0.05) is 5.92 Å². The largest absolute Gasteiger partial charge is 0.366 e. The van der Waals surface area contributed by atoms with E-state index in [0.717, 1.165) is 12.8 Å². The topological polar surface area (TPSA) is 43.1 Å². The van der Waals surface area contributed by atoms with E-state index in [0.29, 0.717) is 0 Å². The van der Waals surface area contributed by atoms with Gasteiger partial charge in [0.25, 0.3) is 0 Å². The minimum Gasteiger partial charge on any atom is -0.366 e. The summed E-state index contributed by atoms with van der Waals surface area (Å²) < 4.78 is 0. The van der Waals surface area contributed by atoms with Gasteiger partial charge >= 0.3 is 0 Å². The molecule has 0 heterocycles. The highest BCUT2D eigenvalue weighted by Crippen LogP contribution is 2.23. The molecule has 0 saturated carbocycles. The van der Waals surface area contributed by atoms with Crippen molar-refractivity contribution in [1.29, 1.82) is 0 Å². The first-order chi connectivity index (χ1) is 9.75. The number of carbonyl (C=O) groups excluding carboxylic acids is 1. The van der Waals surface area contributed by atoms with E-state index < -0.39 is 5.91 Å². The Morgan fingerprint density at radius 3 is 2.20 bits per heavy atom. The van der Waals surface area contributed by atoms with Crippen LogP contribution >= 0.6 is 0 Å². The minimum atomic E-state index is -0.398. The molecule has 0 radical (unpaired) electrons. The minimum absolute atomic E-state index is 0.212. The van der Waals surface area contributed by atoms with E-state index in [-0.39, 0.29) is 5.92 Å². The Morgan fingerprint density at radius 1 is 1.00 bits per heavy atom. The molecule has 2 aromatic rings. The number of amides is 1. The Bertz CT molecular complexity index is 560. The maximum atomic E-state index is 10.9. The van der Waals surface area contributed by atoms with E-state index in [1.807, 2.05) is 42.5 Å². The lowest BCUT2D eigenvalue weighted by molar-refractivity contribution is -0.113. The summed E-state index contributed by atoms with van der Waals surface area (Å²) in [5.41, 5.74) is 7.72. The van der Waals surface area contributed by atoms with E-state index in [4.69, 9.17) is 5.73 Å². The highest BCUT2D eigenvalue weighted by atomic mass is 16.1. The number of aryl methyl sites for hydroxylation is 1. The van der Waals surface area contributed by atoms with Crippen LogP contribution in [0.2, 0.25) is 0 Å². The second-order valence-electron chi connectivity index (χ2n) is 4.80. The summed E-state index contributed by atoms with van der Waals surface area (Å²) >= 11 is 0. The van der Waals surface area contributed by atoms with Gasteiger partial charge in [-0.3, -0.25) is 4.79 Å². The zero-order chi connectivity index (χ0) is 14.2. The van der Waals surface area contributed by atoms with Crippen LogP contribution in [0.4, 0.5) is 0 Å². The number of allylic oxidation sites excluding steroid dienone is 1. The number of rotatable bonds is 6. The number of hydrogen-bond acceptors (Lipinski definition) is 1. The average Bonchev–Trinajstić information content (AvgIpc) is 2.49. The summed E-state index contributed by atoms with van der Waals surface area (Å²) in [7, 11) is 0. The van der Waals surface area contributed by atoms with Crippen molar-refractivity contribution in [3.63, 3.8) is 0 Å². The summed E-state index contributed by atoms with van der Waals surface area (Å²) in [5, 5.41) is 0. The summed E-state index contributed by atoms with van der Waals surface area (Å²) in [6.45, 7) is 0. The van der Waals surface area contributed by atoms with E-state index in [1.165, 1.54) is 17.2 Å². The van der Waals surface area contributed by atoms with Crippen LogP contribution in [-0.4, -0.2) is 5.91 Å². The van der Waals surface area contributed by atoms with E-state index >= 15 is 0 Å². The van der Waals surface area contributed by atoms with Crippen molar-refractivity contribution in [2.45, 2.75) is 18.8 Å². The number of benzene rings is 2. The van der Waals surface area contributed by atoms with E-state index in [9.17, 15) is 4.79 Å². The number of primary amides is 1. The van der Waals surface area contributed by atoms with Crippen molar-refractivity contribution in [1.82, 2.24) is 0 Å². The van der Waals surface area contributed by atoms with Crippen LogP contribution < -0.4 is 5.73 Å². The molecule has 1 unspecified atom stereocenters. The highest BCUT2D eigenvalue weighted by Gasteiger charge is 2.08. The molecule has 20 heavy (non-hydrogen) atoms. The van der Waals surface area contributed by atoms with Gasteiger partial charge in [-0.2, -0.15) is 0 Å². The molecule has 2 N–H and O–H groups in total. The summed E-state index contributed by atoms with van der Waals surface area (Å²) in [4.78, 5) is 10.9. The molecule has 0 aliphatic rings. The lowest BCUT2D eigenvalue weighted by Crippen LogP contribution is -2.07. The van der Waals surface area contributed by atoms with Crippen LogP contribution in [0.3, 0.4) is 0 Å². The molecule has 0 aromatic heterocycles. The predicted molar refractivity (Wildman–Crippen MR) is 82.3 cm³/mol. The van der Waals surface area contributed by atoms with Crippen LogP contribution in [0, 0.1) is 0 Å². The fourth-order valence-electron chi connectivity index (χ4n) is 2.25. The molecule has 0 spiro atoms. The smallest absolute Gasteiger partial charge is 0.241 e. The van der Waals surface area contributed by atoms with Crippen LogP contribution in [0.15, 0.2) is 72.8 Å². The van der Waals surface area contributed by atoms with Gasteiger partial charge < -0.3 is 5.73 Å². The molecular weight excluding hydrogens is 246 g/mol. The van der Waals surface area contributed by atoms with Crippen LogP contribution in [0.5, 0.6) is 0 Å². The monoisotopic (exact) mass is 265 g/mol. The zero-order valence-corrected chi connectivity index (χ0v) is 11.4. The van der Waals surface area contributed by atoms with Crippen molar-refractivity contribution >= 4 is 5.91 Å². The molecule has 2 heteroatoms. The number of hydrogen-bond donors (Lipinski definition) is 1. The Kier molecular flexibility index (Phi) is 5.13. The second-order valence-corrected chi connectivity index (χ2v) is 4.80. The number of carbonyl (C=O) groups is 1. The zero-order valence-electron chi connectivity index (χ0n) is 11.4. The first-order valence-corrected chi connectivity index (χ1v) is 6.82. The molecule has 1 atom stereocenters. The van der Waals surface area contributed by atoms with Gasteiger partial charge in [-0.25, -0.2) is 0 Å². The fourth-order valence-corrected chi connectivity index (χ4v) is 2.25. The van der Waals surface area contributed by atoms with Gasteiger partial charge in [-0.1, -0.05) is 66.7 Å². The Balaban J connectivity index is 2.09. The van der Waals surface area contributed by atoms with Crippen LogP contribution in [-0.2, 0) is 11.2 Å². The first kappa shape index (κ1) is 14.1. The molecule has 0 bridgehead atoms. The van der Waals surface area contributed by atoms with Gasteiger partial charge in [-0.05, 0) is 30.0 Å². The predicted octanol–water partition coefficient (Wildman–Crippen LogP) is 3.44. The molecule has 2 rings (SSSR count). The lowest BCUT2D eigenvalue weighted by Gasteiger charge is -2.13. The standard InChI is InChI=1S/C18H19NO/c19-18(20)14-13-17(16-9-5-2-6-10-16)12-11-15-7-3-1-4-8-15/h1-10,13-14,17H,11-12H2,(H2,19,20). The van der Waals surface area contributed by atoms with Gasteiger partial charge in [0.15, 0.2) is 0 Å². The van der Waals surface area contributed by atoms with E-state index in [2.05, 4.69) is 24.3 Å². The normalized spacial score (nSPS) is 12.4. The molecule has 0 aliphatic heterocycles. The molecule has 0 saturated heterocycles. The summed E-state index contributed by atoms with van der Waals surface area (Å²) in [6, 6.07) is 20.6. The number of nitrogens with two attached hydrogens (primary N) is 1. The van der Waals surface area contributed by atoms with Crippen molar-refractivity contribution in [3.8, 4) is 0 Å². The quantitative estimate of drug-likeness (QED) is 0.799. The lowest BCUT2D eigenvalue weighted by atomic mass is 9.92. The fraction of sp³-hybridized carbons (Fsp3) is 0.167. The summed E-state index contributed by atoms with van der Waals surface area (Å²) in [6.07, 6.45) is 5.30. The van der Waals surface area contributed by atoms with Gasteiger partial charge in [0.05, 0.1) is 0 Å². The van der Waals surface area contributed by atoms with Crippen molar-refractivity contribution in [3.05, 3.63) is 83.9 Å². The maximum absolute atomic E-state index is 10.9. The van der Waals surface area contributed by atoms with Crippen LogP contribution in [0.1, 0.15) is 23.5 Å². The third-order valence-corrected chi connectivity index (χ3v) is 3.31. The SMILES string of the molecule is NC(=O)C=CC(CCc1ccccc1)c1ccccc1. The van der Waals surface area contributed by atoms with Crippen molar-refractivity contribution < 1.29 is 4.79 Å². The third kappa shape index (κ3) is 4.39. The molecular formula is C18H19NO. The highest BCUT2D eigenvalue weighted by molar-refractivity contribution is 5.85. The third-order valence-electron chi connectivity index (χ3n) is 3.31. The van der Waals surface area contributed by atoms with Crippen molar-refractivity contribution in [2.75, 3.05) is 0 Å². The summed E-state index contributed by atoms with van der Waals surface area (Å²) in [5.74, 6) is -0.186. The molecule has 2 aromatic carbocycles. The second kappa shape index (κ2) is 7.29. The Labute approximate surface area is 119 Å².